The maximum Gasteiger partial charge on any atom is 0.272 e. The number of fused-ring (bicyclic) bond motifs is 1. The molecule has 0 N–H and O–H groups in total. The molecule has 0 aliphatic carbocycles. The minimum absolute atomic E-state index is 0.0313. The highest BCUT2D eigenvalue weighted by Gasteiger charge is 2.13. The van der Waals surface area contributed by atoms with Crippen molar-refractivity contribution in [2.24, 2.45) is 0 Å². The Morgan fingerprint density at radius 3 is 2.80 bits per heavy atom. The number of unbranched alkanes of at least 4 members (excludes halogenated alkanes) is 1. The molecule has 0 atom stereocenters. The van der Waals surface area contributed by atoms with E-state index in [1.54, 1.807) is 18.1 Å². The molecule has 0 fully saturated rings. The SMILES string of the molecule is CCCCN(C)C(=O)c1ccc2cc(OC)ccc2n1. The van der Waals surface area contributed by atoms with E-state index >= 15 is 0 Å². The largest absolute Gasteiger partial charge is 0.497 e. The molecule has 1 heterocycles. The highest BCUT2D eigenvalue weighted by atomic mass is 16.5. The summed E-state index contributed by atoms with van der Waals surface area (Å²) in [6.07, 6.45) is 2.08. The van der Waals surface area contributed by atoms with Crippen LogP contribution in [0, 0.1) is 0 Å². The van der Waals surface area contributed by atoms with Crippen molar-refractivity contribution in [1.82, 2.24) is 9.88 Å². The smallest absolute Gasteiger partial charge is 0.272 e. The van der Waals surface area contributed by atoms with Gasteiger partial charge in [0.05, 0.1) is 12.6 Å². The van der Waals surface area contributed by atoms with Gasteiger partial charge < -0.3 is 9.64 Å². The summed E-state index contributed by atoms with van der Waals surface area (Å²) in [4.78, 5) is 18.4. The maximum atomic E-state index is 12.3. The first-order chi connectivity index (χ1) is 9.65. The molecule has 2 aromatic rings. The summed E-state index contributed by atoms with van der Waals surface area (Å²) in [5, 5.41) is 0.970. The van der Waals surface area contributed by atoms with Gasteiger partial charge in [0.2, 0.25) is 0 Å². The molecular weight excluding hydrogens is 252 g/mol. The molecule has 0 saturated carbocycles. The van der Waals surface area contributed by atoms with E-state index in [0.29, 0.717) is 5.69 Å². The van der Waals surface area contributed by atoms with Gasteiger partial charge in [-0.05, 0) is 30.7 Å². The summed E-state index contributed by atoms with van der Waals surface area (Å²) in [7, 11) is 3.45. The highest BCUT2D eigenvalue weighted by Crippen LogP contribution is 2.19. The molecule has 1 amide bonds. The van der Waals surface area contributed by atoms with Crippen LogP contribution in [0.2, 0.25) is 0 Å². The van der Waals surface area contributed by atoms with Crippen LogP contribution in [0.4, 0.5) is 0 Å². The lowest BCUT2D eigenvalue weighted by Gasteiger charge is -2.16. The molecule has 20 heavy (non-hydrogen) atoms. The van der Waals surface area contributed by atoms with E-state index in [-0.39, 0.29) is 5.91 Å². The first-order valence-corrected chi connectivity index (χ1v) is 6.86. The van der Waals surface area contributed by atoms with Crippen molar-refractivity contribution in [3.05, 3.63) is 36.0 Å². The maximum absolute atomic E-state index is 12.3. The number of pyridine rings is 1. The summed E-state index contributed by atoms with van der Waals surface area (Å²) in [5.74, 6) is 0.759. The second-order valence-electron chi connectivity index (χ2n) is 4.84. The quantitative estimate of drug-likeness (QED) is 0.840. The minimum atomic E-state index is -0.0313. The molecular formula is C16H20N2O2. The lowest BCUT2D eigenvalue weighted by Crippen LogP contribution is -2.28. The predicted molar refractivity (Wildman–Crippen MR) is 80.2 cm³/mol. The average Bonchev–Trinajstić information content (AvgIpc) is 2.50. The van der Waals surface area contributed by atoms with Gasteiger partial charge in [0.15, 0.2) is 0 Å². The van der Waals surface area contributed by atoms with Crippen LogP contribution in [0.25, 0.3) is 10.9 Å². The molecule has 0 saturated heterocycles. The van der Waals surface area contributed by atoms with Gasteiger partial charge in [-0.3, -0.25) is 4.79 Å². The van der Waals surface area contributed by atoms with Crippen molar-refractivity contribution in [1.29, 1.82) is 0 Å². The van der Waals surface area contributed by atoms with Gasteiger partial charge in [-0.25, -0.2) is 4.98 Å². The Bertz CT molecular complexity index is 610. The first-order valence-electron chi connectivity index (χ1n) is 6.86. The van der Waals surface area contributed by atoms with Crippen LogP contribution in [0.5, 0.6) is 5.75 Å². The molecule has 0 unspecified atom stereocenters. The van der Waals surface area contributed by atoms with Gasteiger partial charge >= 0.3 is 0 Å². The summed E-state index contributed by atoms with van der Waals surface area (Å²) >= 11 is 0. The second kappa shape index (κ2) is 6.37. The van der Waals surface area contributed by atoms with Gasteiger partial charge in [-0.15, -0.1) is 0 Å². The Morgan fingerprint density at radius 1 is 1.30 bits per heavy atom. The van der Waals surface area contributed by atoms with Crippen molar-refractivity contribution < 1.29 is 9.53 Å². The number of ether oxygens (including phenoxy) is 1. The lowest BCUT2D eigenvalue weighted by molar-refractivity contribution is 0.0788. The van der Waals surface area contributed by atoms with Gasteiger partial charge in [-0.2, -0.15) is 0 Å². The fourth-order valence-electron chi connectivity index (χ4n) is 2.04. The third-order valence-corrected chi connectivity index (χ3v) is 3.31. The first kappa shape index (κ1) is 14.3. The van der Waals surface area contributed by atoms with E-state index in [0.717, 1.165) is 36.0 Å². The fourth-order valence-corrected chi connectivity index (χ4v) is 2.04. The number of carbonyl (C=O) groups is 1. The fraction of sp³-hybridized carbons (Fsp3) is 0.375. The molecule has 1 aromatic carbocycles. The Labute approximate surface area is 119 Å². The van der Waals surface area contributed by atoms with Crippen molar-refractivity contribution in [3.63, 3.8) is 0 Å². The number of amides is 1. The number of methoxy groups -OCH3 is 1. The van der Waals surface area contributed by atoms with Crippen LogP contribution in [0.15, 0.2) is 30.3 Å². The third-order valence-electron chi connectivity index (χ3n) is 3.31. The van der Waals surface area contributed by atoms with Crippen LogP contribution in [0.3, 0.4) is 0 Å². The third kappa shape index (κ3) is 3.07. The summed E-state index contributed by atoms with van der Waals surface area (Å²) in [6, 6.07) is 9.32. The summed E-state index contributed by atoms with van der Waals surface area (Å²) < 4.78 is 5.18. The molecule has 1 aromatic heterocycles. The minimum Gasteiger partial charge on any atom is -0.497 e. The second-order valence-corrected chi connectivity index (χ2v) is 4.84. The zero-order valence-electron chi connectivity index (χ0n) is 12.2. The molecule has 0 aliphatic heterocycles. The van der Waals surface area contributed by atoms with E-state index < -0.39 is 0 Å². The number of nitrogens with zero attached hydrogens (tertiary/aromatic N) is 2. The Balaban J connectivity index is 2.25. The van der Waals surface area contributed by atoms with Crippen LogP contribution in [-0.4, -0.2) is 36.5 Å². The van der Waals surface area contributed by atoms with Crippen LogP contribution in [-0.2, 0) is 0 Å². The highest BCUT2D eigenvalue weighted by molar-refractivity contribution is 5.94. The summed E-state index contributed by atoms with van der Waals surface area (Å²) in [6.45, 7) is 2.87. The zero-order valence-corrected chi connectivity index (χ0v) is 12.2. The lowest BCUT2D eigenvalue weighted by atomic mass is 10.2. The topological polar surface area (TPSA) is 42.4 Å². The number of aromatic nitrogens is 1. The van der Waals surface area contributed by atoms with Crippen LogP contribution >= 0.6 is 0 Å². The van der Waals surface area contributed by atoms with Gasteiger partial charge in [0, 0.05) is 19.0 Å². The molecule has 2 rings (SSSR count). The Kier molecular flexibility index (Phi) is 4.56. The van der Waals surface area contributed by atoms with Gasteiger partial charge in [-0.1, -0.05) is 19.4 Å². The van der Waals surface area contributed by atoms with E-state index in [9.17, 15) is 4.79 Å². The molecule has 0 radical (unpaired) electrons. The standard InChI is InChI=1S/C16H20N2O2/c1-4-5-10-18(2)16(19)15-8-6-12-11-13(20-3)7-9-14(12)17-15/h6-9,11H,4-5,10H2,1-3H3. The van der Waals surface area contributed by atoms with E-state index in [1.807, 2.05) is 31.3 Å². The van der Waals surface area contributed by atoms with Gasteiger partial charge in [0.1, 0.15) is 11.4 Å². The molecule has 4 heteroatoms. The molecule has 0 bridgehead atoms. The Morgan fingerprint density at radius 2 is 2.10 bits per heavy atom. The van der Waals surface area contributed by atoms with Crippen LogP contribution < -0.4 is 4.74 Å². The molecule has 106 valence electrons. The molecule has 0 aliphatic rings. The number of carbonyl (C=O) groups excluding carboxylic acids is 1. The van der Waals surface area contributed by atoms with Crippen molar-refractivity contribution in [2.45, 2.75) is 19.8 Å². The van der Waals surface area contributed by atoms with Crippen molar-refractivity contribution in [3.8, 4) is 5.75 Å². The number of rotatable bonds is 5. The zero-order chi connectivity index (χ0) is 14.5. The Hall–Kier alpha value is -2.10. The average molecular weight is 272 g/mol. The van der Waals surface area contributed by atoms with Crippen LogP contribution in [0.1, 0.15) is 30.3 Å². The number of hydrogen-bond donors (Lipinski definition) is 0. The molecule has 0 spiro atoms. The number of benzene rings is 1. The monoisotopic (exact) mass is 272 g/mol. The summed E-state index contributed by atoms with van der Waals surface area (Å²) in [5.41, 5.74) is 1.29. The van der Waals surface area contributed by atoms with Crippen molar-refractivity contribution in [2.75, 3.05) is 20.7 Å². The normalized spacial score (nSPS) is 10.6. The van der Waals surface area contributed by atoms with Crippen molar-refractivity contribution >= 4 is 16.8 Å². The number of hydrogen-bond acceptors (Lipinski definition) is 3. The molecule has 4 nitrogen and oxygen atoms in total. The van der Waals surface area contributed by atoms with E-state index in [1.165, 1.54) is 0 Å². The predicted octanol–water partition coefficient (Wildman–Crippen LogP) is 3.12. The van der Waals surface area contributed by atoms with E-state index in [2.05, 4.69) is 11.9 Å². The van der Waals surface area contributed by atoms with E-state index in [4.69, 9.17) is 4.74 Å². The van der Waals surface area contributed by atoms with Gasteiger partial charge in [0.25, 0.3) is 5.91 Å².